The number of carbonyl (C=O) groups excluding carboxylic acids is 2. The molecule has 1 unspecified atom stereocenters. The number of nitrogens with zero attached hydrogens (tertiary/aromatic N) is 1. The van der Waals surface area contributed by atoms with Gasteiger partial charge in [-0.05, 0) is 41.5 Å². The molecule has 33 heavy (non-hydrogen) atoms. The van der Waals surface area contributed by atoms with Crippen molar-refractivity contribution in [1.29, 1.82) is 0 Å². The predicted molar refractivity (Wildman–Crippen MR) is 113 cm³/mol. The minimum Gasteiger partial charge on any atom is -0.374 e. The third kappa shape index (κ3) is 3.83. The van der Waals surface area contributed by atoms with Gasteiger partial charge in [0.15, 0.2) is 0 Å². The predicted octanol–water partition coefficient (Wildman–Crippen LogP) is 4.80. The number of hydrogen-bond acceptors (Lipinski definition) is 4. The summed E-state index contributed by atoms with van der Waals surface area (Å²) < 4.78 is 56.5. The van der Waals surface area contributed by atoms with Crippen LogP contribution in [0.5, 0.6) is 0 Å². The number of hydrogen-bond donors (Lipinski definition) is 1. The van der Waals surface area contributed by atoms with Gasteiger partial charge in [0.25, 0.3) is 11.5 Å². The number of rotatable bonds is 5. The number of oxime groups is 1. The highest BCUT2D eigenvalue weighted by Gasteiger charge is 2.62. The average molecular weight is 458 g/mol. The van der Waals surface area contributed by atoms with Gasteiger partial charge in [-0.15, -0.1) is 0 Å². The van der Waals surface area contributed by atoms with Crippen LogP contribution in [0.1, 0.15) is 33.5 Å². The first-order chi connectivity index (χ1) is 15.7. The van der Waals surface area contributed by atoms with Crippen molar-refractivity contribution in [3.8, 4) is 0 Å². The Bertz CT molecular complexity index is 1290. The molecule has 1 atom stereocenters. The number of halogens is 4. The van der Waals surface area contributed by atoms with Crippen molar-refractivity contribution < 1.29 is 32.0 Å². The number of aryl methyl sites for hydroxylation is 1. The molecule has 4 rings (SSSR count). The Hall–Kier alpha value is -3.75. The monoisotopic (exact) mass is 458 g/mol. The van der Waals surface area contributed by atoms with Crippen LogP contribution < -0.4 is 5.32 Å². The number of benzene rings is 3. The number of fused-ring (bicyclic) bond motifs is 1. The Labute approximate surface area is 186 Å². The molecule has 1 N–H and O–H groups in total. The molecule has 1 heterocycles. The second-order valence-electron chi connectivity index (χ2n) is 7.68. The molecule has 1 aliphatic rings. The van der Waals surface area contributed by atoms with Crippen LogP contribution in [0, 0.1) is 12.7 Å². The molecule has 0 bridgehead atoms. The van der Waals surface area contributed by atoms with Crippen LogP contribution in [-0.4, -0.2) is 30.6 Å². The van der Waals surface area contributed by atoms with Crippen molar-refractivity contribution in [1.82, 2.24) is 5.32 Å². The summed E-state index contributed by atoms with van der Waals surface area (Å²) in [6.45, 7) is 1.21. The zero-order chi connectivity index (χ0) is 23.8. The molecule has 0 saturated heterocycles. The molecule has 3 aromatic rings. The fourth-order valence-corrected chi connectivity index (χ4v) is 3.92. The van der Waals surface area contributed by atoms with Crippen LogP contribution in [0.15, 0.2) is 59.8 Å². The quantitative estimate of drug-likeness (QED) is 0.441. The molecule has 0 saturated carbocycles. The number of carbonyl (C=O) groups is 2. The van der Waals surface area contributed by atoms with Gasteiger partial charge in [0.2, 0.25) is 0 Å². The van der Waals surface area contributed by atoms with Gasteiger partial charge in [0.1, 0.15) is 12.1 Å². The van der Waals surface area contributed by atoms with Crippen LogP contribution in [-0.2, 0) is 15.2 Å². The Morgan fingerprint density at radius 1 is 1.15 bits per heavy atom. The number of alkyl halides is 3. The van der Waals surface area contributed by atoms with Gasteiger partial charge in [0, 0.05) is 23.1 Å². The van der Waals surface area contributed by atoms with E-state index < -0.39 is 29.9 Å². The fourth-order valence-electron chi connectivity index (χ4n) is 3.92. The molecule has 0 radical (unpaired) electrons. The van der Waals surface area contributed by atoms with E-state index >= 15 is 0 Å². The number of nitrogens with one attached hydrogen (secondary N) is 1. The molecule has 1 amide bonds. The lowest BCUT2D eigenvalue weighted by molar-refractivity contribution is -0.275. The Balaban J connectivity index is 1.78. The van der Waals surface area contributed by atoms with Gasteiger partial charge >= 0.3 is 6.18 Å². The van der Waals surface area contributed by atoms with E-state index in [4.69, 9.17) is 4.84 Å². The second kappa shape index (κ2) is 8.31. The summed E-state index contributed by atoms with van der Waals surface area (Å²) in [5.41, 5.74) is -2.26. The smallest absolute Gasteiger partial charge is 0.374 e. The second-order valence-corrected chi connectivity index (χ2v) is 7.68. The SMILES string of the molecule is Cc1cc(C2(C(F)(F)F)CC(c3ccc(C(=O)NCC=O)c4ccccc34)=NO2)ccc1F. The maximum absolute atomic E-state index is 14.3. The van der Waals surface area contributed by atoms with E-state index in [1.165, 1.54) is 19.1 Å². The van der Waals surface area contributed by atoms with Crippen molar-refractivity contribution in [2.24, 2.45) is 5.16 Å². The van der Waals surface area contributed by atoms with E-state index in [-0.39, 0.29) is 28.9 Å². The zero-order valence-corrected chi connectivity index (χ0v) is 17.4. The molecule has 0 aliphatic carbocycles. The summed E-state index contributed by atoms with van der Waals surface area (Å²) >= 11 is 0. The normalized spacial score (nSPS) is 18.0. The van der Waals surface area contributed by atoms with E-state index in [1.807, 2.05) is 0 Å². The minimum absolute atomic E-state index is 0.0466. The molecule has 9 heteroatoms. The van der Waals surface area contributed by atoms with E-state index in [9.17, 15) is 27.2 Å². The van der Waals surface area contributed by atoms with Gasteiger partial charge in [-0.25, -0.2) is 4.39 Å². The molecular weight excluding hydrogens is 440 g/mol. The van der Waals surface area contributed by atoms with Crippen molar-refractivity contribution in [2.75, 3.05) is 6.54 Å². The Morgan fingerprint density at radius 2 is 1.88 bits per heavy atom. The summed E-state index contributed by atoms with van der Waals surface area (Å²) in [6, 6.07) is 12.8. The molecule has 3 aromatic carbocycles. The van der Waals surface area contributed by atoms with Crippen LogP contribution in [0.3, 0.4) is 0 Å². The summed E-state index contributed by atoms with van der Waals surface area (Å²) in [4.78, 5) is 28.1. The first-order valence-electron chi connectivity index (χ1n) is 10.0. The fraction of sp³-hybridized carbons (Fsp3) is 0.208. The lowest BCUT2D eigenvalue weighted by atomic mass is 9.84. The van der Waals surface area contributed by atoms with Gasteiger partial charge in [-0.2, -0.15) is 13.2 Å². The number of amides is 1. The maximum Gasteiger partial charge on any atom is 0.435 e. The highest BCUT2D eigenvalue weighted by molar-refractivity contribution is 6.16. The Kier molecular flexibility index (Phi) is 5.65. The van der Waals surface area contributed by atoms with Gasteiger partial charge in [-0.1, -0.05) is 41.6 Å². The summed E-state index contributed by atoms with van der Waals surface area (Å²) in [5, 5.41) is 7.23. The molecule has 170 valence electrons. The molecule has 1 aliphatic heterocycles. The average Bonchev–Trinajstić information content (AvgIpc) is 3.25. The van der Waals surface area contributed by atoms with E-state index in [1.54, 1.807) is 24.3 Å². The van der Waals surface area contributed by atoms with Gasteiger partial charge in [0.05, 0.1) is 12.3 Å². The standard InChI is InChI=1S/C24H18F4N2O3/c1-14-12-15(6-9-20(14)25)23(24(26,27)28)13-21(30-33-23)18-7-8-19(22(32)29-10-11-31)17-5-3-2-4-16(17)18/h2-9,11-12H,10,13H2,1H3,(H,29,32). The van der Waals surface area contributed by atoms with Crippen LogP contribution in [0.2, 0.25) is 0 Å². The van der Waals surface area contributed by atoms with E-state index in [0.717, 1.165) is 18.2 Å². The lowest BCUT2D eigenvalue weighted by Crippen LogP contribution is -2.42. The maximum atomic E-state index is 14.3. The van der Waals surface area contributed by atoms with Gasteiger partial charge in [-0.3, -0.25) is 4.79 Å². The topological polar surface area (TPSA) is 67.8 Å². The molecule has 5 nitrogen and oxygen atoms in total. The van der Waals surface area contributed by atoms with Crippen molar-refractivity contribution in [3.05, 3.63) is 82.7 Å². The van der Waals surface area contributed by atoms with Crippen LogP contribution >= 0.6 is 0 Å². The van der Waals surface area contributed by atoms with E-state index in [2.05, 4.69) is 10.5 Å². The minimum atomic E-state index is -4.83. The Morgan fingerprint density at radius 3 is 2.55 bits per heavy atom. The summed E-state index contributed by atoms with van der Waals surface area (Å²) in [7, 11) is 0. The molecule has 0 spiro atoms. The largest absolute Gasteiger partial charge is 0.435 e. The zero-order valence-electron chi connectivity index (χ0n) is 17.4. The summed E-state index contributed by atoms with van der Waals surface area (Å²) in [5.74, 6) is -1.11. The highest BCUT2D eigenvalue weighted by atomic mass is 19.4. The molecule has 0 fully saturated rings. The van der Waals surface area contributed by atoms with Crippen molar-refractivity contribution >= 4 is 28.7 Å². The van der Waals surface area contributed by atoms with Gasteiger partial charge < -0.3 is 14.9 Å². The van der Waals surface area contributed by atoms with E-state index in [0.29, 0.717) is 22.6 Å². The van der Waals surface area contributed by atoms with Crippen molar-refractivity contribution in [3.63, 3.8) is 0 Å². The first kappa shape index (κ1) is 22.4. The first-order valence-corrected chi connectivity index (χ1v) is 10.0. The molecule has 0 aromatic heterocycles. The highest BCUT2D eigenvalue weighted by Crippen LogP contribution is 2.49. The van der Waals surface area contributed by atoms with Crippen LogP contribution in [0.25, 0.3) is 10.8 Å². The summed E-state index contributed by atoms with van der Waals surface area (Å²) in [6.07, 6.45) is -4.90. The third-order valence-corrected chi connectivity index (χ3v) is 5.64. The lowest BCUT2D eigenvalue weighted by Gasteiger charge is -2.29. The van der Waals surface area contributed by atoms with Crippen molar-refractivity contribution in [2.45, 2.75) is 25.1 Å². The molecular formula is C24H18F4N2O3. The third-order valence-electron chi connectivity index (χ3n) is 5.64. The number of aldehydes is 1. The van der Waals surface area contributed by atoms with Crippen LogP contribution in [0.4, 0.5) is 17.6 Å².